The first-order valence-electron chi connectivity index (χ1n) is 10.7. The lowest BCUT2D eigenvalue weighted by Crippen LogP contribution is -2.22. The van der Waals surface area contributed by atoms with Crippen LogP contribution in [0.1, 0.15) is 44.5 Å². The molecule has 1 aliphatic carbocycles. The molecule has 0 saturated carbocycles. The van der Waals surface area contributed by atoms with E-state index in [1.807, 2.05) is 50.2 Å². The summed E-state index contributed by atoms with van der Waals surface area (Å²) in [5.74, 6) is -0.460. The zero-order valence-electron chi connectivity index (χ0n) is 19.7. The van der Waals surface area contributed by atoms with Crippen LogP contribution in [0.3, 0.4) is 0 Å². The van der Waals surface area contributed by atoms with Crippen LogP contribution in [0, 0.1) is 12.8 Å². The van der Waals surface area contributed by atoms with Crippen molar-refractivity contribution in [1.82, 2.24) is 9.88 Å². The molecule has 1 aromatic heterocycles. The Balaban J connectivity index is 2.34. The number of aromatic nitrogens is 1. The number of hydrogen-bond acceptors (Lipinski definition) is 5. The van der Waals surface area contributed by atoms with Crippen LogP contribution in [0.15, 0.2) is 60.0 Å². The summed E-state index contributed by atoms with van der Waals surface area (Å²) in [7, 11) is 1.86. The molecule has 5 nitrogen and oxygen atoms in total. The Bertz CT molecular complexity index is 964. The molecule has 33 heavy (non-hydrogen) atoms. The molecule has 2 rings (SSSR count). The summed E-state index contributed by atoms with van der Waals surface area (Å²) in [4.78, 5) is 18.9. The fourth-order valence-electron chi connectivity index (χ4n) is 3.42. The second kappa shape index (κ2) is 11.2. The van der Waals surface area contributed by atoms with E-state index in [9.17, 15) is 18.0 Å². The highest BCUT2D eigenvalue weighted by Crippen LogP contribution is 2.33. The van der Waals surface area contributed by atoms with Crippen LogP contribution in [-0.4, -0.2) is 42.3 Å². The van der Waals surface area contributed by atoms with Gasteiger partial charge in [-0.25, -0.2) is 4.79 Å². The lowest BCUT2D eigenvalue weighted by molar-refractivity contribution is -0.153. The number of alkyl halides is 3. The largest absolute Gasteiger partial charge is 0.482 e. The van der Waals surface area contributed by atoms with Crippen molar-refractivity contribution in [1.29, 1.82) is 0 Å². The molecule has 1 aromatic rings. The number of halogens is 3. The van der Waals surface area contributed by atoms with Crippen LogP contribution in [0.2, 0.25) is 0 Å². The standard InChI is InChI=1S/C25H31F3N2O3/c1-7-32-24(31)20-11-9-8-10-19(16(2)3)21(20)14-30(6)18(5)22-12-17(4)23(13-29-22)33-15-25(26,27)28/h8,10-14,18-19H,2,7,9,15H2,1,3-6H3/b21-14+. The van der Waals surface area contributed by atoms with Gasteiger partial charge >= 0.3 is 12.1 Å². The first kappa shape index (κ1) is 26.2. The van der Waals surface area contributed by atoms with E-state index in [1.54, 1.807) is 19.9 Å². The summed E-state index contributed by atoms with van der Waals surface area (Å²) in [5.41, 5.74) is 3.36. The molecular weight excluding hydrogens is 433 g/mol. The van der Waals surface area contributed by atoms with Crippen molar-refractivity contribution in [3.05, 3.63) is 71.2 Å². The zero-order valence-corrected chi connectivity index (χ0v) is 19.7. The van der Waals surface area contributed by atoms with Crippen LogP contribution in [0.5, 0.6) is 5.75 Å². The topological polar surface area (TPSA) is 51.7 Å². The number of carbonyl (C=O) groups is 1. The first-order chi connectivity index (χ1) is 15.4. The number of pyridine rings is 1. The summed E-state index contributed by atoms with van der Waals surface area (Å²) in [6.45, 7) is 10.3. The molecular formula is C25H31F3N2O3. The fraction of sp³-hybridized carbons (Fsp3) is 0.440. The zero-order chi connectivity index (χ0) is 24.8. The Labute approximate surface area is 193 Å². The summed E-state index contributed by atoms with van der Waals surface area (Å²) >= 11 is 0. The second-order valence-corrected chi connectivity index (χ2v) is 8.03. The molecule has 0 spiro atoms. The van der Waals surface area contributed by atoms with Gasteiger partial charge in [-0.3, -0.25) is 4.98 Å². The van der Waals surface area contributed by atoms with Crippen molar-refractivity contribution in [2.45, 2.75) is 46.3 Å². The molecule has 0 radical (unpaired) electrons. The summed E-state index contributed by atoms with van der Waals surface area (Å²) in [6.07, 6.45) is 5.24. The maximum atomic E-state index is 12.7. The Kier molecular flexibility index (Phi) is 8.91. The molecule has 0 saturated heterocycles. The van der Waals surface area contributed by atoms with Crippen LogP contribution in [0.4, 0.5) is 13.2 Å². The first-order valence-corrected chi connectivity index (χ1v) is 10.7. The van der Waals surface area contributed by atoms with E-state index in [1.165, 1.54) is 6.20 Å². The van der Waals surface area contributed by atoms with Gasteiger partial charge in [0.2, 0.25) is 0 Å². The van der Waals surface area contributed by atoms with E-state index in [2.05, 4.69) is 11.6 Å². The van der Waals surface area contributed by atoms with Gasteiger partial charge in [-0.2, -0.15) is 13.2 Å². The van der Waals surface area contributed by atoms with Gasteiger partial charge < -0.3 is 14.4 Å². The Morgan fingerprint density at radius 1 is 1.42 bits per heavy atom. The van der Waals surface area contributed by atoms with Crippen molar-refractivity contribution >= 4 is 5.97 Å². The molecule has 0 amide bonds. The minimum atomic E-state index is -4.41. The number of rotatable bonds is 8. The molecule has 2 unspecified atom stereocenters. The van der Waals surface area contributed by atoms with Gasteiger partial charge in [0, 0.05) is 19.2 Å². The number of aryl methyl sites for hydroxylation is 1. The number of hydrogen-bond donors (Lipinski definition) is 0. The monoisotopic (exact) mass is 464 g/mol. The van der Waals surface area contributed by atoms with Crippen molar-refractivity contribution < 1.29 is 27.4 Å². The molecule has 0 aromatic carbocycles. The normalized spacial score (nSPS) is 18.4. The SMILES string of the molecule is C=C(C)C1C=CCC=C(C(=O)OCC)/C1=C/N(C)C(C)c1cc(C)c(OCC(F)(F)F)cn1. The van der Waals surface area contributed by atoms with Crippen molar-refractivity contribution in [2.24, 2.45) is 5.92 Å². The third-order valence-corrected chi connectivity index (χ3v) is 5.32. The van der Waals surface area contributed by atoms with E-state index < -0.39 is 12.8 Å². The van der Waals surface area contributed by atoms with E-state index in [-0.39, 0.29) is 30.3 Å². The molecule has 1 heterocycles. The van der Waals surface area contributed by atoms with Crippen LogP contribution in [0.25, 0.3) is 0 Å². The number of esters is 1. The summed E-state index contributed by atoms with van der Waals surface area (Å²) < 4.78 is 47.5. The predicted octanol–water partition coefficient (Wildman–Crippen LogP) is 5.85. The number of allylic oxidation sites excluding steroid dienone is 4. The second-order valence-electron chi connectivity index (χ2n) is 8.03. The fourth-order valence-corrected chi connectivity index (χ4v) is 3.42. The Hall–Kier alpha value is -3.03. The van der Waals surface area contributed by atoms with Crippen LogP contribution < -0.4 is 4.74 Å². The van der Waals surface area contributed by atoms with Crippen LogP contribution >= 0.6 is 0 Å². The van der Waals surface area contributed by atoms with Crippen molar-refractivity contribution in [3.8, 4) is 5.75 Å². The molecule has 1 aliphatic rings. The highest BCUT2D eigenvalue weighted by Gasteiger charge is 2.29. The van der Waals surface area contributed by atoms with Gasteiger partial charge in [0.25, 0.3) is 0 Å². The van der Waals surface area contributed by atoms with Gasteiger partial charge in [-0.15, -0.1) is 0 Å². The molecule has 0 N–H and O–H groups in total. The smallest absolute Gasteiger partial charge is 0.422 e. The van der Waals surface area contributed by atoms with E-state index in [0.717, 1.165) is 11.1 Å². The Morgan fingerprint density at radius 2 is 2.12 bits per heavy atom. The van der Waals surface area contributed by atoms with Gasteiger partial charge in [-0.05, 0) is 51.3 Å². The minimum absolute atomic E-state index is 0.0908. The number of ether oxygens (including phenoxy) is 2. The van der Waals surface area contributed by atoms with Crippen molar-refractivity contribution in [3.63, 3.8) is 0 Å². The summed E-state index contributed by atoms with van der Waals surface area (Å²) in [5, 5.41) is 0. The minimum Gasteiger partial charge on any atom is -0.482 e. The predicted molar refractivity (Wildman–Crippen MR) is 122 cm³/mol. The average Bonchev–Trinajstić information content (AvgIpc) is 2.94. The molecule has 180 valence electrons. The maximum Gasteiger partial charge on any atom is 0.422 e. The number of nitrogens with zero attached hydrogens (tertiary/aromatic N) is 2. The molecule has 0 aliphatic heterocycles. The van der Waals surface area contributed by atoms with Gasteiger partial charge in [0.15, 0.2) is 6.61 Å². The average molecular weight is 465 g/mol. The van der Waals surface area contributed by atoms with Gasteiger partial charge in [0.1, 0.15) is 5.75 Å². The van der Waals surface area contributed by atoms with Gasteiger partial charge in [0.05, 0.1) is 30.1 Å². The lowest BCUT2D eigenvalue weighted by Gasteiger charge is -2.27. The molecule has 0 fully saturated rings. The quantitative estimate of drug-likeness (QED) is 0.357. The summed E-state index contributed by atoms with van der Waals surface area (Å²) in [6, 6.07) is 1.48. The molecule has 2 atom stereocenters. The highest BCUT2D eigenvalue weighted by atomic mass is 19.4. The highest BCUT2D eigenvalue weighted by molar-refractivity contribution is 5.94. The van der Waals surface area contributed by atoms with E-state index in [0.29, 0.717) is 23.3 Å². The van der Waals surface area contributed by atoms with Crippen molar-refractivity contribution in [2.75, 3.05) is 20.3 Å². The molecule has 8 heteroatoms. The maximum absolute atomic E-state index is 12.7. The molecule has 0 bridgehead atoms. The van der Waals surface area contributed by atoms with E-state index >= 15 is 0 Å². The third kappa shape index (κ3) is 7.23. The Morgan fingerprint density at radius 3 is 2.70 bits per heavy atom. The van der Waals surface area contributed by atoms with Crippen LogP contribution in [-0.2, 0) is 9.53 Å². The third-order valence-electron chi connectivity index (χ3n) is 5.32. The van der Waals surface area contributed by atoms with Gasteiger partial charge in [-0.1, -0.05) is 30.4 Å². The van der Waals surface area contributed by atoms with E-state index in [4.69, 9.17) is 9.47 Å². The lowest BCUT2D eigenvalue weighted by atomic mass is 9.88. The number of carbonyl (C=O) groups excluding carboxylic acids is 1.